The van der Waals surface area contributed by atoms with E-state index in [0.717, 1.165) is 16.8 Å². The molecule has 168 valence electrons. The van der Waals surface area contributed by atoms with Crippen molar-refractivity contribution in [2.75, 3.05) is 30.5 Å². The minimum absolute atomic E-state index is 0.0126. The standard InChI is InChI=1S/C23H29ClN2O4S/c1-16-13-21(9-10-22(16)24)30-17(2)23(27)26(20-11-12-31(28,29)15-20)14-18-5-7-19(8-6-18)25(3)4/h5-10,13,17,20H,11-12,14-15H2,1-4H3/t17-,20-/m1/s1. The Morgan fingerprint density at radius 3 is 2.42 bits per heavy atom. The lowest BCUT2D eigenvalue weighted by molar-refractivity contribution is -0.140. The van der Waals surface area contributed by atoms with Crippen molar-refractivity contribution in [3.63, 3.8) is 0 Å². The Bertz CT molecular complexity index is 1040. The summed E-state index contributed by atoms with van der Waals surface area (Å²) in [6.07, 6.45) is -0.318. The van der Waals surface area contributed by atoms with Gasteiger partial charge in [0.25, 0.3) is 5.91 Å². The fraction of sp³-hybridized carbons (Fsp3) is 0.435. The van der Waals surface area contributed by atoms with Gasteiger partial charge in [-0.25, -0.2) is 8.42 Å². The lowest BCUT2D eigenvalue weighted by atomic mass is 10.1. The smallest absolute Gasteiger partial charge is 0.263 e. The van der Waals surface area contributed by atoms with Crippen molar-refractivity contribution in [2.45, 2.75) is 39.0 Å². The van der Waals surface area contributed by atoms with Gasteiger partial charge in [0.1, 0.15) is 5.75 Å². The Balaban J connectivity index is 1.80. The number of anilines is 1. The topological polar surface area (TPSA) is 66.9 Å². The van der Waals surface area contributed by atoms with Gasteiger partial charge in [-0.2, -0.15) is 0 Å². The Labute approximate surface area is 189 Å². The Hall–Kier alpha value is -2.25. The SMILES string of the molecule is Cc1cc(O[C@H](C)C(=O)N(Cc2ccc(N(C)C)cc2)[C@@H]2CCS(=O)(=O)C2)ccc1Cl. The van der Waals surface area contributed by atoms with Crippen LogP contribution in [0.4, 0.5) is 5.69 Å². The van der Waals surface area contributed by atoms with Crippen molar-refractivity contribution in [1.82, 2.24) is 4.90 Å². The van der Waals surface area contributed by atoms with Crippen LogP contribution in [0.15, 0.2) is 42.5 Å². The molecule has 3 rings (SSSR count). The molecule has 0 radical (unpaired) electrons. The summed E-state index contributed by atoms with van der Waals surface area (Å²) in [6, 6.07) is 12.8. The van der Waals surface area contributed by atoms with Crippen molar-refractivity contribution in [3.8, 4) is 5.75 Å². The molecule has 1 amide bonds. The summed E-state index contributed by atoms with van der Waals surface area (Å²) in [5.41, 5.74) is 2.86. The van der Waals surface area contributed by atoms with Crippen LogP contribution >= 0.6 is 11.6 Å². The molecule has 2 aromatic carbocycles. The summed E-state index contributed by atoms with van der Waals surface area (Å²) in [5.74, 6) is 0.414. The maximum absolute atomic E-state index is 13.3. The molecule has 2 aromatic rings. The molecule has 0 saturated carbocycles. The van der Waals surface area contributed by atoms with Crippen LogP contribution in [0.5, 0.6) is 5.75 Å². The first-order valence-electron chi connectivity index (χ1n) is 10.3. The number of benzene rings is 2. The summed E-state index contributed by atoms with van der Waals surface area (Å²) >= 11 is 6.07. The minimum atomic E-state index is -3.14. The van der Waals surface area contributed by atoms with Crippen LogP contribution in [0.3, 0.4) is 0 Å². The third kappa shape index (κ3) is 5.92. The van der Waals surface area contributed by atoms with E-state index in [-0.39, 0.29) is 23.5 Å². The van der Waals surface area contributed by atoms with E-state index in [9.17, 15) is 13.2 Å². The second-order valence-electron chi connectivity index (χ2n) is 8.25. The van der Waals surface area contributed by atoms with E-state index < -0.39 is 15.9 Å². The first-order valence-corrected chi connectivity index (χ1v) is 12.5. The predicted molar refractivity (Wildman–Crippen MR) is 125 cm³/mol. The number of carbonyl (C=O) groups is 1. The second-order valence-corrected chi connectivity index (χ2v) is 10.9. The molecule has 31 heavy (non-hydrogen) atoms. The van der Waals surface area contributed by atoms with Gasteiger partial charge in [-0.05, 0) is 61.7 Å². The third-order valence-electron chi connectivity index (χ3n) is 5.53. The van der Waals surface area contributed by atoms with Crippen LogP contribution in [-0.2, 0) is 21.2 Å². The Kier molecular flexibility index (Phi) is 7.17. The molecule has 0 spiro atoms. The van der Waals surface area contributed by atoms with Gasteiger partial charge in [-0.15, -0.1) is 0 Å². The number of aryl methyl sites for hydroxylation is 1. The Morgan fingerprint density at radius 1 is 1.19 bits per heavy atom. The zero-order valence-corrected chi connectivity index (χ0v) is 19.9. The molecule has 1 fully saturated rings. The fourth-order valence-electron chi connectivity index (χ4n) is 3.68. The monoisotopic (exact) mass is 464 g/mol. The van der Waals surface area contributed by atoms with E-state index in [2.05, 4.69) is 0 Å². The molecule has 6 nitrogen and oxygen atoms in total. The molecule has 0 N–H and O–H groups in total. The second kappa shape index (κ2) is 9.49. The first kappa shape index (κ1) is 23.4. The third-order valence-corrected chi connectivity index (χ3v) is 7.70. The van der Waals surface area contributed by atoms with Crippen LogP contribution in [0, 0.1) is 6.92 Å². The van der Waals surface area contributed by atoms with Crippen LogP contribution < -0.4 is 9.64 Å². The maximum Gasteiger partial charge on any atom is 0.263 e. The first-order chi connectivity index (χ1) is 14.6. The summed E-state index contributed by atoms with van der Waals surface area (Å²) in [5, 5.41) is 0.630. The number of ether oxygens (including phenoxy) is 1. The molecule has 1 saturated heterocycles. The van der Waals surface area contributed by atoms with Gasteiger partial charge < -0.3 is 14.5 Å². The highest BCUT2D eigenvalue weighted by molar-refractivity contribution is 7.91. The average molecular weight is 465 g/mol. The van der Waals surface area contributed by atoms with E-state index in [0.29, 0.717) is 23.7 Å². The summed E-state index contributed by atoms with van der Waals surface area (Å²) in [7, 11) is 0.793. The predicted octanol–water partition coefficient (Wildman–Crippen LogP) is 3.70. The van der Waals surface area contributed by atoms with Gasteiger partial charge in [0, 0.05) is 37.4 Å². The van der Waals surface area contributed by atoms with E-state index in [1.807, 2.05) is 50.2 Å². The highest BCUT2D eigenvalue weighted by Gasteiger charge is 2.36. The van der Waals surface area contributed by atoms with Gasteiger partial charge in [0.05, 0.1) is 11.5 Å². The van der Waals surface area contributed by atoms with Crippen LogP contribution in [0.1, 0.15) is 24.5 Å². The van der Waals surface area contributed by atoms with Crippen LogP contribution in [0.25, 0.3) is 0 Å². The number of amides is 1. The number of hydrogen-bond acceptors (Lipinski definition) is 5. The fourth-order valence-corrected chi connectivity index (χ4v) is 5.53. The molecule has 0 aromatic heterocycles. The number of carbonyl (C=O) groups excluding carboxylic acids is 1. The number of nitrogens with zero attached hydrogens (tertiary/aromatic N) is 2. The normalized spacial score (nSPS) is 18.4. The van der Waals surface area contributed by atoms with Gasteiger partial charge in [-0.3, -0.25) is 4.79 Å². The van der Waals surface area contributed by atoms with Crippen molar-refractivity contribution in [1.29, 1.82) is 0 Å². The molecular formula is C23H29ClN2O4S. The highest BCUT2D eigenvalue weighted by atomic mass is 35.5. The van der Waals surface area contributed by atoms with Crippen molar-refractivity contribution >= 4 is 33.0 Å². The largest absolute Gasteiger partial charge is 0.481 e. The number of hydrogen-bond donors (Lipinski definition) is 0. The summed E-state index contributed by atoms with van der Waals surface area (Å²) < 4.78 is 30.1. The Morgan fingerprint density at radius 2 is 1.87 bits per heavy atom. The molecule has 1 aliphatic rings. The summed E-state index contributed by atoms with van der Waals surface area (Å²) in [6.45, 7) is 3.90. The molecule has 2 atom stereocenters. The van der Waals surface area contributed by atoms with E-state index in [1.165, 1.54) is 0 Å². The van der Waals surface area contributed by atoms with Gasteiger partial charge in [0.2, 0.25) is 0 Å². The van der Waals surface area contributed by atoms with E-state index in [1.54, 1.807) is 30.0 Å². The molecule has 8 heteroatoms. The zero-order chi connectivity index (χ0) is 22.8. The van der Waals surface area contributed by atoms with Gasteiger partial charge >= 0.3 is 0 Å². The number of sulfone groups is 1. The van der Waals surface area contributed by atoms with Crippen LogP contribution in [0.2, 0.25) is 5.02 Å². The van der Waals surface area contributed by atoms with Crippen LogP contribution in [-0.4, -0.2) is 57.0 Å². The van der Waals surface area contributed by atoms with Gasteiger partial charge in [-0.1, -0.05) is 23.7 Å². The molecule has 0 unspecified atom stereocenters. The van der Waals surface area contributed by atoms with E-state index >= 15 is 0 Å². The quantitative estimate of drug-likeness (QED) is 0.625. The number of halogens is 1. The molecule has 0 bridgehead atoms. The minimum Gasteiger partial charge on any atom is -0.481 e. The molecular weight excluding hydrogens is 436 g/mol. The number of rotatable bonds is 7. The lowest BCUT2D eigenvalue weighted by Crippen LogP contribution is -2.46. The van der Waals surface area contributed by atoms with E-state index in [4.69, 9.17) is 16.3 Å². The van der Waals surface area contributed by atoms with Crippen molar-refractivity contribution in [2.24, 2.45) is 0 Å². The zero-order valence-electron chi connectivity index (χ0n) is 18.3. The summed E-state index contributed by atoms with van der Waals surface area (Å²) in [4.78, 5) is 17.0. The molecule has 1 heterocycles. The average Bonchev–Trinajstić information content (AvgIpc) is 3.08. The van der Waals surface area contributed by atoms with Gasteiger partial charge in [0.15, 0.2) is 15.9 Å². The lowest BCUT2D eigenvalue weighted by Gasteiger charge is -2.31. The highest BCUT2D eigenvalue weighted by Crippen LogP contribution is 2.25. The van der Waals surface area contributed by atoms with Crippen molar-refractivity contribution < 1.29 is 17.9 Å². The molecule has 1 aliphatic heterocycles. The molecule has 0 aliphatic carbocycles. The van der Waals surface area contributed by atoms with Crippen molar-refractivity contribution in [3.05, 3.63) is 58.6 Å². The maximum atomic E-state index is 13.3.